The van der Waals surface area contributed by atoms with E-state index in [1.807, 2.05) is 18.2 Å². The summed E-state index contributed by atoms with van der Waals surface area (Å²) in [5, 5.41) is 18.2. The lowest BCUT2D eigenvalue weighted by molar-refractivity contribution is 0.0945. The van der Waals surface area contributed by atoms with Gasteiger partial charge in [-0.05, 0) is 57.0 Å². The Balaban J connectivity index is 1.33. The molecule has 4 N–H and O–H groups in total. The van der Waals surface area contributed by atoms with Gasteiger partial charge in [0.1, 0.15) is 5.69 Å². The molecule has 1 saturated heterocycles. The van der Waals surface area contributed by atoms with Gasteiger partial charge in [-0.1, -0.05) is 6.92 Å². The van der Waals surface area contributed by atoms with Crippen LogP contribution >= 0.6 is 11.3 Å². The number of aromatic nitrogens is 5. The van der Waals surface area contributed by atoms with E-state index in [-0.39, 0.29) is 23.5 Å². The van der Waals surface area contributed by atoms with Gasteiger partial charge >= 0.3 is 5.69 Å². The number of rotatable bonds is 7. The summed E-state index contributed by atoms with van der Waals surface area (Å²) in [7, 11) is 0. The molecule has 5 heterocycles. The molecule has 1 amide bonds. The van der Waals surface area contributed by atoms with E-state index in [9.17, 15) is 14.7 Å². The first-order chi connectivity index (χ1) is 18.0. The summed E-state index contributed by atoms with van der Waals surface area (Å²) in [4.78, 5) is 42.8. The lowest BCUT2D eigenvalue weighted by Crippen LogP contribution is -2.39. The van der Waals surface area contributed by atoms with Crippen LogP contribution in [0.2, 0.25) is 0 Å². The van der Waals surface area contributed by atoms with Gasteiger partial charge in [0, 0.05) is 23.9 Å². The van der Waals surface area contributed by atoms with Gasteiger partial charge in [0.05, 0.1) is 27.7 Å². The molecule has 0 radical (unpaired) electrons. The average Bonchev–Trinajstić information content (AvgIpc) is 3.28. The second-order valence-electron chi connectivity index (χ2n) is 9.48. The van der Waals surface area contributed by atoms with E-state index in [0.717, 1.165) is 37.2 Å². The smallest absolute Gasteiger partial charge is 0.326 e. The zero-order valence-electron chi connectivity index (χ0n) is 20.4. The number of imidazole rings is 1. The molecular weight excluding hydrogens is 492 g/mol. The normalized spacial score (nSPS) is 19.3. The molecule has 0 bridgehead atoms. The van der Waals surface area contributed by atoms with Gasteiger partial charge in [0.15, 0.2) is 11.1 Å². The number of hydrogen-bond acceptors (Lipinski definition) is 8. The molecule has 1 saturated carbocycles. The highest BCUT2D eigenvalue weighted by molar-refractivity contribution is 7.17. The van der Waals surface area contributed by atoms with E-state index in [4.69, 9.17) is 9.98 Å². The molecule has 1 aliphatic heterocycles. The highest BCUT2D eigenvalue weighted by Crippen LogP contribution is 2.27. The number of likely N-dealkylation sites (N-methyl/N-ethyl adjacent to an activating group) is 1. The number of carbonyl (C=O) groups is 1. The number of aromatic hydroxyl groups is 1. The zero-order chi connectivity index (χ0) is 25.5. The van der Waals surface area contributed by atoms with Crippen LogP contribution in [0.15, 0.2) is 34.2 Å². The summed E-state index contributed by atoms with van der Waals surface area (Å²) < 4.78 is 1.66. The van der Waals surface area contributed by atoms with Crippen LogP contribution in [0, 0.1) is 0 Å². The molecule has 4 aromatic heterocycles. The lowest BCUT2D eigenvalue weighted by Gasteiger charge is -2.22. The van der Waals surface area contributed by atoms with Crippen LogP contribution in [-0.2, 0) is 0 Å². The van der Waals surface area contributed by atoms with Crippen LogP contribution in [0.4, 0.5) is 0 Å². The van der Waals surface area contributed by atoms with Crippen molar-refractivity contribution in [2.45, 2.75) is 44.7 Å². The van der Waals surface area contributed by atoms with Crippen molar-refractivity contribution in [3.8, 4) is 16.5 Å². The Morgan fingerprint density at radius 2 is 2.19 bits per heavy atom. The molecule has 6 rings (SSSR count). The monoisotopic (exact) mass is 520 g/mol. The zero-order valence-corrected chi connectivity index (χ0v) is 21.2. The Morgan fingerprint density at radius 1 is 1.32 bits per heavy atom. The molecule has 192 valence electrons. The van der Waals surface area contributed by atoms with Gasteiger partial charge in [0.25, 0.3) is 5.91 Å². The van der Waals surface area contributed by atoms with Gasteiger partial charge < -0.3 is 15.4 Å². The number of carbonyl (C=O) groups excluding carboxylic acids is 1. The van der Waals surface area contributed by atoms with Crippen molar-refractivity contribution in [1.29, 1.82) is 0 Å². The highest BCUT2D eigenvalue weighted by Gasteiger charge is 2.24. The molecule has 2 aliphatic rings. The van der Waals surface area contributed by atoms with Crippen LogP contribution < -0.4 is 21.7 Å². The molecule has 1 aliphatic carbocycles. The van der Waals surface area contributed by atoms with E-state index in [1.54, 1.807) is 16.8 Å². The second kappa shape index (κ2) is 9.60. The van der Waals surface area contributed by atoms with E-state index in [0.29, 0.717) is 39.5 Å². The number of hydrogen-bond donors (Lipinski definition) is 4. The number of likely N-dealkylation sites (tertiary alicyclic amines) is 1. The van der Waals surface area contributed by atoms with Gasteiger partial charge in [-0.25, -0.2) is 9.78 Å². The van der Waals surface area contributed by atoms with E-state index < -0.39 is 5.69 Å². The van der Waals surface area contributed by atoms with Crippen molar-refractivity contribution < 1.29 is 9.90 Å². The van der Waals surface area contributed by atoms with Crippen LogP contribution in [0.25, 0.3) is 22.3 Å². The quantitative estimate of drug-likeness (QED) is 0.286. The van der Waals surface area contributed by atoms with Crippen LogP contribution in [0.3, 0.4) is 0 Å². The van der Waals surface area contributed by atoms with Gasteiger partial charge in [0.2, 0.25) is 5.88 Å². The Morgan fingerprint density at radius 3 is 2.95 bits per heavy atom. The molecule has 12 heteroatoms. The van der Waals surface area contributed by atoms with Crippen molar-refractivity contribution in [3.63, 3.8) is 0 Å². The number of nitrogens with zero attached hydrogens (tertiary/aromatic N) is 5. The minimum Gasteiger partial charge on any atom is -0.493 e. The fourth-order valence-corrected chi connectivity index (χ4v) is 5.64. The molecule has 4 aromatic rings. The van der Waals surface area contributed by atoms with Crippen molar-refractivity contribution in [2.75, 3.05) is 19.6 Å². The fraction of sp³-hybridized carbons (Fsp3) is 0.400. The molecule has 37 heavy (non-hydrogen) atoms. The average molecular weight is 521 g/mol. The number of aromatic amines is 2. The summed E-state index contributed by atoms with van der Waals surface area (Å²) in [5.74, 6) is -0.328. The molecule has 1 atom stereocenters. The Bertz CT molecular complexity index is 1640. The minimum atomic E-state index is -0.502. The number of fused-ring (bicyclic) bond motifs is 1. The number of nitrogens with one attached hydrogen (secondary N) is 3. The summed E-state index contributed by atoms with van der Waals surface area (Å²) in [6, 6.07) is 6.29. The largest absolute Gasteiger partial charge is 0.493 e. The predicted molar refractivity (Wildman–Crippen MR) is 139 cm³/mol. The third-order valence-corrected chi connectivity index (χ3v) is 7.97. The van der Waals surface area contributed by atoms with Crippen LogP contribution in [-0.4, -0.2) is 72.2 Å². The standard InChI is InChI=1S/C25H28N8O3S/c1-2-32-9-3-4-16(32)13-26-24(35)20-8-7-19(37-20)17-11-21(28-15-5-6-15)33-22(29-17)14(12-27-33)10-18-23(34)31-25(36)30-18/h7-8,10-12,15-16,34H,2-6,9,13H2,1H3,(H,26,35)(H2,30,31,36). The first-order valence-corrected chi connectivity index (χ1v) is 13.4. The maximum absolute atomic E-state index is 12.9. The summed E-state index contributed by atoms with van der Waals surface area (Å²) >= 11 is 1.39. The van der Waals surface area contributed by atoms with Gasteiger partial charge in [-0.15, -0.1) is 11.3 Å². The van der Waals surface area contributed by atoms with Gasteiger partial charge in [-0.3, -0.25) is 19.7 Å². The topological polar surface area (TPSA) is 144 Å². The maximum atomic E-state index is 12.9. The maximum Gasteiger partial charge on any atom is 0.326 e. The van der Waals surface area contributed by atoms with Crippen LogP contribution in [0.1, 0.15) is 48.0 Å². The van der Waals surface area contributed by atoms with Crippen LogP contribution in [0.5, 0.6) is 5.88 Å². The first kappa shape index (κ1) is 23.6. The molecule has 0 spiro atoms. The van der Waals surface area contributed by atoms with Crippen molar-refractivity contribution in [1.82, 2.24) is 34.8 Å². The SMILES string of the molecule is CCN1CCCC1CNC(=O)c1ccc(-c2cc(=NC3CC3)n3ncc(=Cc4[nH]c(=O)[nH]c4O)c3n2)s1. The highest BCUT2D eigenvalue weighted by atomic mass is 32.1. The summed E-state index contributed by atoms with van der Waals surface area (Å²) in [6.45, 7) is 4.90. The third-order valence-electron chi connectivity index (χ3n) is 6.86. The molecule has 2 fully saturated rings. The van der Waals surface area contributed by atoms with Crippen molar-refractivity contribution in [2.24, 2.45) is 4.99 Å². The number of H-pyrrole nitrogens is 2. The minimum absolute atomic E-state index is 0.0755. The lowest BCUT2D eigenvalue weighted by atomic mass is 10.2. The van der Waals surface area contributed by atoms with E-state index in [2.05, 4.69) is 32.2 Å². The van der Waals surface area contributed by atoms with Crippen molar-refractivity contribution >= 4 is 29.0 Å². The van der Waals surface area contributed by atoms with Crippen molar-refractivity contribution in [3.05, 3.63) is 56.2 Å². The molecule has 11 nitrogen and oxygen atoms in total. The number of amides is 1. The summed E-state index contributed by atoms with van der Waals surface area (Å²) in [5.41, 5.74) is 1.64. The first-order valence-electron chi connectivity index (χ1n) is 12.6. The summed E-state index contributed by atoms with van der Waals surface area (Å²) in [6.07, 6.45) is 7.60. The number of thiophene rings is 1. The van der Waals surface area contributed by atoms with Gasteiger partial charge in [-0.2, -0.15) is 9.61 Å². The molecule has 1 unspecified atom stereocenters. The Hall–Kier alpha value is -3.77. The second-order valence-corrected chi connectivity index (χ2v) is 10.6. The Labute approximate surface area is 215 Å². The molecule has 0 aromatic carbocycles. The predicted octanol–water partition coefficient (Wildman–Crippen LogP) is 1.00. The Kier molecular flexibility index (Phi) is 6.13. The molecular formula is C25H28N8O3S. The fourth-order valence-electron chi connectivity index (χ4n) is 4.76. The van der Waals surface area contributed by atoms with E-state index in [1.165, 1.54) is 17.8 Å². The third kappa shape index (κ3) is 4.81. The van der Waals surface area contributed by atoms with E-state index >= 15 is 0 Å².